The summed E-state index contributed by atoms with van der Waals surface area (Å²) in [6.45, 7) is 3.13. The maximum absolute atomic E-state index is 6.54. The lowest BCUT2D eigenvalue weighted by Gasteiger charge is -2.38. The first kappa shape index (κ1) is 15.1. The largest absolute Gasteiger partial charge is 0.369 e. The average Bonchev–Trinajstić information content (AvgIpc) is 3.29. The maximum Gasteiger partial charge on any atom is 0.0642 e. The van der Waals surface area contributed by atoms with E-state index < -0.39 is 0 Å². The minimum absolute atomic E-state index is 0.631. The van der Waals surface area contributed by atoms with Crippen LogP contribution >= 0.6 is 11.6 Å². The van der Waals surface area contributed by atoms with Gasteiger partial charge in [-0.3, -0.25) is 0 Å². The lowest BCUT2D eigenvalue weighted by molar-refractivity contribution is 0.258. The predicted octanol–water partition coefficient (Wildman–Crippen LogP) is 3.12. The Kier molecular flexibility index (Phi) is 4.72. The highest BCUT2D eigenvalue weighted by molar-refractivity contribution is 6.33. The van der Waals surface area contributed by atoms with Crippen LogP contribution in [0.1, 0.15) is 31.2 Å². The topological polar surface area (TPSA) is 18.5 Å². The minimum Gasteiger partial charge on any atom is -0.369 e. The van der Waals surface area contributed by atoms with Gasteiger partial charge in [-0.05, 0) is 57.5 Å². The molecule has 1 saturated heterocycles. The van der Waals surface area contributed by atoms with E-state index in [4.69, 9.17) is 11.6 Å². The molecule has 0 amide bonds. The van der Waals surface area contributed by atoms with E-state index in [1.54, 1.807) is 0 Å². The quantitative estimate of drug-likeness (QED) is 0.901. The molecule has 1 N–H and O–H groups in total. The van der Waals surface area contributed by atoms with Crippen molar-refractivity contribution in [3.05, 3.63) is 28.8 Å². The Hall–Kier alpha value is -0.770. The fourth-order valence-corrected chi connectivity index (χ4v) is 3.38. The van der Waals surface area contributed by atoms with Crippen molar-refractivity contribution in [2.75, 3.05) is 32.1 Å². The minimum atomic E-state index is 0.631. The number of likely N-dealkylation sites (N-methyl/N-ethyl adjacent to an activating group) is 1. The molecule has 1 heterocycles. The van der Waals surface area contributed by atoms with Crippen LogP contribution in [0.4, 0.5) is 5.69 Å². The molecule has 4 heteroatoms. The number of rotatable bonds is 5. The number of benzene rings is 1. The first-order chi connectivity index (χ1) is 10.1. The molecule has 0 radical (unpaired) electrons. The van der Waals surface area contributed by atoms with Gasteiger partial charge in [0.25, 0.3) is 0 Å². The second kappa shape index (κ2) is 6.55. The van der Waals surface area contributed by atoms with Crippen molar-refractivity contribution in [1.29, 1.82) is 0 Å². The molecular weight excluding hydrogens is 282 g/mol. The van der Waals surface area contributed by atoms with Gasteiger partial charge in [0.2, 0.25) is 0 Å². The Morgan fingerprint density at radius 1 is 1.29 bits per heavy atom. The van der Waals surface area contributed by atoms with Crippen molar-refractivity contribution in [2.24, 2.45) is 0 Å². The first-order valence-corrected chi connectivity index (χ1v) is 8.44. The Bertz CT molecular complexity index is 485. The molecule has 1 unspecified atom stereocenters. The Morgan fingerprint density at radius 2 is 2.10 bits per heavy atom. The van der Waals surface area contributed by atoms with Gasteiger partial charge in [-0.2, -0.15) is 0 Å². The van der Waals surface area contributed by atoms with Crippen molar-refractivity contribution >= 4 is 17.3 Å². The molecule has 1 aromatic carbocycles. The van der Waals surface area contributed by atoms with Crippen molar-refractivity contribution in [2.45, 2.75) is 44.3 Å². The van der Waals surface area contributed by atoms with Gasteiger partial charge in [-0.1, -0.05) is 17.7 Å². The van der Waals surface area contributed by atoms with Crippen LogP contribution in [0, 0.1) is 0 Å². The van der Waals surface area contributed by atoms with E-state index in [1.807, 2.05) is 0 Å². The fourth-order valence-electron chi connectivity index (χ4n) is 3.06. The van der Waals surface area contributed by atoms with Crippen molar-refractivity contribution in [3.63, 3.8) is 0 Å². The highest BCUT2D eigenvalue weighted by atomic mass is 35.5. The Balaban J connectivity index is 1.66. The van der Waals surface area contributed by atoms with Crippen molar-refractivity contribution in [3.8, 4) is 0 Å². The number of nitrogens with zero attached hydrogens (tertiary/aromatic N) is 2. The zero-order valence-electron chi connectivity index (χ0n) is 13.1. The molecule has 1 saturated carbocycles. The molecule has 3 rings (SSSR count). The summed E-state index contributed by atoms with van der Waals surface area (Å²) < 4.78 is 0. The summed E-state index contributed by atoms with van der Waals surface area (Å²) in [6.07, 6.45) is 5.17. The summed E-state index contributed by atoms with van der Waals surface area (Å²) in [5.41, 5.74) is 2.48. The molecule has 3 nitrogen and oxygen atoms in total. The number of hydrogen-bond acceptors (Lipinski definition) is 3. The second-order valence-corrected chi connectivity index (χ2v) is 7.05. The van der Waals surface area contributed by atoms with E-state index in [-0.39, 0.29) is 0 Å². The van der Waals surface area contributed by atoms with E-state index in [0.717, 1.165) is 30.7 Å². The summed E-state index contributed by atoms with van der Waals surface area (Å²) in [6, 6.07) is 7.92. The normalized spacial score (nSPS) is 22.9. The fraction of sp³-hybridized carbons (Fsp3) is 0.647. The smallest absolute Gasteiger partial charge is 0.0642 e. The molecule has 0 spiro atoms. The van der Waals surface area contributed by atoms with Crippen LogP contribution in [0.15, 0.2) is 18.2 Å². The van der Waals surface area contributed by atoms with Crippen LogP contribution < -0.4 is 10.2 Å². The lowest BCUT2D eigenvalue weighted by atomic mass is 10.0. The summed E-state index contributed by atoms with van der Waals surface area (Å²) in [5, 5.41) is 4.44. The van der Waals surface area contributed by atoms with Crippen molar-refractivity contribution in [1.82, 2.24) is 10.2 Å². The maximum atomic E-state index is 6.54. The summed E-state index contributed by atoms with van der Waals surface area (Å²) >= 11 is 6.54. The molecule has 1 aliphatic heterocycles. The zero-order valence-corrected chi connectivity index (χ0v) is 13.9. The lowest BCUT2D eigenvalue weighted by Crippen LogP contribution is -2.45. The van der Waals surface area contributed by atoms with Gasteiger partial charge in [0, 0.05) is 31.7 Å². The van der Waals surface area contributed by atoms with Gasteiger partial charge in [0.1, 0.15) is 0 Å². The van der Waals surface area contributed by atoms with Crippen LogP contribution in [0.3, 0.4) is 0 Å². The van der Waals surface area contributed by atoms with Crippen molar-refractivity contribution < 1.29 is 0 Å². The summed E-state index contributed by atoms with van der Waals surface area (Å²) in [7, 11) is 4.34. The SMILES string of the molecule is CN(C)C1CCCN(c2ccc(CNC3CC3)cc2Cl)C1. The summed E-state index contributed by atoms with van der Waals surface area (Å²) in [5.74, 6) is 0. The van der Waals surface area contributed by atoms with E-state index in [2.05, 4.69) is 47.4 Å². The van der Waals surface area contributed by atoms with E-state index >= 15 is 0 Å². The van der Waals surface area contributed by atoms with Gasteiger partial charge < -0.3 is 15.1 Å². The van der Waals surface area contributed by atoms with Gasteiger partial charge in [-0.15, -0.1) is 0 Å². The average molecular weight is 308 g/mol. The number of halogens is 1. The highest BCUT2D eigenvalue weighted by Crippen LogP contribution is 2.30. The number of piperidine rings is 1. The number of hydrogen-bond donors (Lipinski definition) is 1. The second-order valence-electron chi connectivity index (χ2n) is 6.65. The van der Waals surface area contributed by atoms with Gasteiger partial charge >= 0.3 is 0 Å². The molecule has 116 valence electrons. The monoisotopic (exact) mass is 307 g/mol. The number of nitrogens with one attached hydrogen (secondary N) is 1. The van der Waals surface area contributed by atoms with E-state index in [9.17, 15) is 0 Å². The molecule has 2 aliphatic rings. The molecule has 21 heavy (non-hydrogen) atoms. The van der Waals surface area contributed by atoms with Crippen LogP contribution in [-0.2, 0) is 6.54 Å². The van der Waals surface area contributed by atoms with Gasteiger partial charge in [-0.25, -0.2) is 0 Å². The van der Waals surface area contributed by atoms with Crippen LogP contribution in [0.5, 0.6) is 0 Å². The van der Waals surface area contributed by atoms with Gasteiger partial charge in [0.15, 0.2) is 0 Å². The van der Waals surface area contributed by atoms with E-state index in [0.29, 0.717) is 6.04 Å². The Morgan fingerprint density at radius 3 is 2.76 bits per heavy atom. The third-order valence-corrected chi connectivity index (χ3v) is 4.95. The zero-order chi connectivity index (χ0) is 14.8. The van der Waals surface area contributed by atoms with E-state index in [1.165, 1.54) is 36.9 Å². The third kappa shape index (κ3) is 3.91. The third-order valence-electron chi connectivity index (χ3n) is 4.65. The van der Waals surface area contributed by atoms with Crippen LogP contribution in [0.25, 0.3) is 0 Å². The standard InChI is InChI=1S/C17H26ClN3/c1-20(2)15-4-3-9-21(12-15)17-8-5-13(10-16(17)18)11-19-14-6-7-14/h5,8,10,14-15,19H,3-4,6-7,9,11-12H2,1-2H3. The molecular formula is C17H26ClN3. The van der Waals surface area contributed by atoms with Crippen LogP contribution in [-0.4, -0.2) is 44.2 Å². The highest BCUT2D eigenvalue weighted by Gasteiger charge is 2.23. The molecule has 0 aromatic heterocycles. The number of anilines is 1. The molecule has 2 fully saturated rings. The van der Waals surface area contributed by atoms with Gasteiger partial charge in [0.05, 0.1) is 10.7 Å². The molecule has 1 aromatic rings. The summed E-state index contributed by atoms with van der Waals surface area (Å²) in [4.78, 5) is 4.77. The first-order valence-electron chi connectivity index (χ1n) is 8.06. The molecule has 1 aliphatic carbocycles. The Labute approximate surface area is 133 Å². The predicted molar refractivity (Wildman–Crippen MR) is 90.2 cm³/mol. The molecule has 0 bridgehead atoms. The molecule has 1 atom stereocenters. The van der Waals surface area contributed by atoms with Crippen LogP contribution in [0.2, 0.25) is 5.02 Å².